The molecular weight excluding hydrogens is 605 g/mol. The van der Waals surface area contributed by atoms with Gasteiger partial charge in [0.15, 0.2) is 0 Å². The Bertz CT molecular complexity index is 2460. The maximum atomic E-state index is 2.52. The van der Waals surface area contributed by atoms with Crippen LogP contribution in [-0.4, -0.2) is 4.57 Å². The van der Waals surface area contributed by atoms with Gasteiger partial charge in [0, 0.05) is 44.4 Å². The van der Waals surface area contributed by atoms with Crippen LogP contribution in [0.1, 0.15) is 49.9 Å². The van der Waals surface area contributed by atoms with E-state index >= 15 is 0 Å². The molecule has 0 aliphatic heterocycles. The van der Waals surface area contributed by atoms with Crippen LogP contribution in [0.3, 0.4) is 0 Å². The van der Waals surface area contributed by atoms with Crippen LogP contribution in [0, 0.1) is 0 Å². The molecule has 0 N–H and O–H groups in total. The van der Waals surface area contributed by atoms with Crippen molar-refractivity contribution in [1.29, 1.82) is 0 Å². The van der Waals surface area contributed by atoms with Crippen LogP contribution in [0.15, 0.2) is 158 Å². The van der Waals surface area contributed by atoms with Crippen molar-refractivity contribution in [1.82, 2.24) is 4.57 Å². The molecule has 0 atom stereocenters. The van der Waals surface area contributed by atoms with E-state index in [1.165, 1.54) is 66.3 Å². The molecule has 1 heterocycles. The van der Waals surface area contributed by atoms with Crippen molar-refractivity contribution >= 4 is 38.9 Å². The summed E-state index contributed by atoms with van der Waals surface area (Å²) in [5.74, 6) is 0. The third-order valence-corrected chi connectivity index (χ3v) is 11.6. The summed E-state index contributed by atoms with van der Waals surface area (Å²) < 4.78 is 2.52. The Morgan fingerprint density at radius 3 is 1.24 bits per heavy atom. The molecule has 7 aromatic carbocycles. The summed E-state index contributed by atoms with van der Waals surface area (Å²) in [6.07, 6.45) is 0. The predicted molar refractivity (Wildman–Crippen MR) is 211 cm³/mol. The number of fused-ring (bicyclic) bond motifs is 9. The van der Waals surface area contributed by atoms with Crippen molar-refractivity contribution in [3.8, 4) is 27.9 Å². The van der Waals surface area contributed by atoms with Crippen LogP contribution in [0.25, 0.3) is 49.7 Å². The lowest BCUT2D eigenvalue weighted by atomic mass is 9.82. The molecule has 2 aliphatic rings. The number of aromatic nitrogens is 1. The minimum Gasteiger partial charge on any atom is -0.311 e. The Morgan fingerprint density at radius 2 is 0.780 bits per heavy atom. The second-order valence-corrected chi connectivity index (χ2v) is 15.0. The van der Waals surface area contributed by atoms with E-state index in [-0.39, 0.29) is 10.8 Å². The fourth-order valence-corrected chi connectivity index (χ4v) is 9.03. The average Bonchev–Trinajstić information content (AvgIpc) is 3.67. The molecule has 0 spiro atoms. The maximum Gasteiger partial charge on any atom is 0.0544 e. The molecule has 8 aromatic rings. The molecule has 0 saturated heterocycles. The zero-order chi connectivity index (χ0) is 33.8. The van der Waals surface area contributed by atoms with Crippen molar-refractivity contribution in [2.45, 2.75) is 38.5 Å². The molecule has 0 amide bonds. The first-order chi connectivity index (χ1) is 24.3. The summed E-state index contributed by atoms with van der Waals surface area (Å²) in [5.41, 5.74) is 17.9. The number of benzene rings is 7. The lowest BCUT2D eigenvalue weighted by molar-refractivity contribution is 0.660. The second kappa shape index (κ2) is 10.3. The molecule has 0 fully saturated rings. The summed E-state index contributed by atoms with van der Waals surface area (Å²) in [7, 11) is 0. The monoisotopic (exact) mass is 642 g/mol. The van der Waals surface area contributed by atoms with E-state index in [1.54, 1.807) is 0 Å². The zero-order valence-corrected chi connectivity index (χ0v) is 28.9. The van der Waals surface area contributed by atoms with Gasteiger partial charge in [-0.05, 0) is 117 Å². The first-order valence-corrected chi connectivity index (χ1v) is 17.7. The number of nitrogens with zero attached hydrogens (tertiary/aromatic N) is 2. The van der Waals surface area contributed by atoms with Crippen LogP contribution in [0.5, 0.6) is 0 Å². The number of para-hydroxylation sites is 2. The Morgan fingerprint density at radius 1 is 0.380 bits per heavy atom. The van der Waals surface area contributed by atoms with Crippen LogP contribution >= 0.6 is 0 Å². The van der Waals surface area contributed by atoms with Crippen molar-refractivity contribution in [2.24, 2.45) is 0 Å². The Labute approximate surface area is 293 Å². The van der Waals surface area contributed by atoms with Crippen LogP contribution < -0.4 is 4.90 Å². The number of hydrogen-bond donors (Lipinski definition) is 0. The van der Waals surface area contributed by atoms with Crippen LogP contribution in [0.2, 0.25) is 0 Å². The summed E-state index contributed by atoms with van der Waals surface area (Å²) in [6.45, 7) is 9.50. The van der Waals surface area contributed by atoms with Gasteiger partial charge in [-0.3, -0.25) is 0 Å². The molecule has 240 valence electrons. The third kappa shape index (κ3) is 3.96. The van der Waals surface area contributed by atoms with E-state index in [1.807, 2.05) is 0 Å². The molecule has 0 saturated carbocycles. The van der Waals surface area contributed by atoms with Gasteiger partial charge in [0.05, 0.1) is 11.0 Å². The molecule has 0 radical (unpaired) electrons. The van der Waals surface area contributed by atoms with Crippen molar-refractivity contribution in [3.63, 3.8) is 0 Å². The molecule has 2 heteroatoms. The number of hydrogen-bond acceptors (Lipinski definition) is 1. The standard InChI is InChI=1S/C48H38N2/c1-47(2)41-21-13-11-19-35(41)37-27-39-40-28-38-36-20-12-14-22-42(36)48(3,4)44(38)30-46(40)50(45(39)29-43(37)47)34-25-23-33(24-26-34)49(31-15-7-5-8-16-31)32-17-9-6-10-18-32/h5-30H,1-4H3. The minimum atomic E-state index is -0.0835. The predicted octanol–water partition coefficient (Wildman–Crippen LogP) is 12.9. The molecule has 2 nitrogen and oxygen atoms in total. The van der Waals surface area contributed by atoms with Gasteiger partial charge < -0.3 is 9.47 Å². The van der Waals surface area contributed by atoms with Gasteiger partial charge in [-0.2, -0.15) is 0 Å². The molecule has 10 rings (SSSR count). The van der Waals surface area contributed by atoms with Gasteiger partial charge in [0.1, 0.15) is 0 Å². The topological polar surface area (TPSA) is 8.17 Å². The van der Waals surface area contributed by atoms with Gasteiger partial charge in [-0.1, -0.05) is 113 Å². The summed E-state index contributed by atoms with van der Waals surface area (Å²) in [4.78, 5) is 2.33. The molecule has 1 aromatic heterocycles. The molecular formula is C48H38N2. The fourth-order valence-electron chi connectivity index (χ4n) is 9.03. The van der Waals surface area contributed by atoms with Gasteiger partial charge in [-0.15, -0.1) is 0 Å². The summed E-state index contributed by atoms with van der Waals surface area (Å²) in [5, 5.41) is 2.60. The number of anilines is 3. The lowest BCUT2D eigenvalue weighted by Crippen LogP contribution is -2.15. The first kappa shape index (κ1) is 29.1. The highest BCUT2D eigenvalue weighted by Crippen LogP contribution is 2.54. The van der Waals surface area contributed by atoms with Gasteiger partial charge >= 0.3 is 0 Å². The van der Waals surface area contributed by atoms with Crippen LogP contribution in [0.4, 0.5) is 17.1 Å². The van der Waals surface area contributed by atoms with E-state index in [0.717, 1.165) is 22.7 Å². The van der Waals surface area contributed by atoms with E-state index in [9.17, 15) is 0 Å². The first-order valence-electron chi connectivity index (χ1n) is 17.7. The highest BCUT2D eigenvalue weighted by atomic mass is 15.1. The second-order valence-electron chi connectivity index (χ2n) is 15.0. The Hall–Kier alpha value is -5.86. The smallest absolute Gasteiger partial charge is 0.0544 e. The maximum absolute atomic E-state index is 2.52. The molecule has 0 unspecified atom stereocenters. The zero-order valence-electron chi connectivity index (χ0n) is 28.9. The Balaban J connectivity index is 1.23. The fraction of sp³-hybridized carbons (Fsp3) is 0.125. The highest BCUT2D eigenvalue weighted by Gasteiger charge is 2.38. The van der Waals surface area contributed by atoms with E-state index in [2.05, 4.69) is 195 Å². The molecule has 2 aliphatic carbocycles. The third-order valence-electron chi connectivity index (χ3n) is 11.6. The highest BCUT2D eigenvalue weighted by molar-refractivity contribution is 6.13. The van der Waals surface area contributed by atoms with Crippen molar-refractivity contribution in [3.05, 3.63) is 180 Å². The number of rotatable bonds is 4. The van der Waals surface area contributed by atoms with Crippen molar-refractivity contribution in [2.75, 3.05) is 4.90 Å². The Kier molecular flexibility index (Phi) is 6.01. The average molecular weight is 643 g/mol. The SMILES string of the molecule is CC1(C)c2ccccc2-c2cc3c4cc5c(cc4n(-c4ccc(N(c6ccccc6)c6ccccc6)cc4)c3cc21)C(C)(C)c1ccccc1-5. The van der Waals surface area contributed by atoms with Crippen LogP contribution in [-0.2, 0) is 10.8 Å². The minimum absolute atomic E-state index is 0.0835. The quantitative estimate of drug-likeness (QED) is 0.185. The van der Waals surface area contributed by atoms with E-state index < -0.39 is 0 Å². The largest absolute Gasteiger partial charge is 0.311 e. The molecule has 50 heavy (non-hydrogen) atoms. The normalized spacial score (nSPS) is 14.7. The van der Waals surface area contributed by atoms with Crippen molar-refractivity contribution < 1.29 is 0 Å². The van der Waals surface area contributed by atoms with E-state index in [0.29, 0.717) is 0 Å². The summed E-state index contributed by atoms with van der Waals surface area (Å²) in [6, 6.07) is 58.3. The van der Waals surface area contributed by atoms with Gasteiger partial charge in [0.2, 0.25) is 0 Å². The summed E-state index contributed by atoms with van der Waals surface area (Å²) >= 11 is 0. The van der Waals surface area contributed by atoms with E-state index in [4.69, 9.17) is 0 Å². The van der Waals surface area contributed by atoms with Gasteiger partial charge in [-0.25, -0.2) is 0 Å². The van der Waals surface area contributed by atoms with Gasteiger partial charge in [0.25, 0.3) is 0 Å². The lowest BCUT2D eigenvalue weighted by Gasteiger charge is -2.25. The molecule has 0 bridgehead atoms.